The maximum atomic E-state index is 10.7. The number of rotatable bonds is 5. The average Bonchev–Trinajstić information content (AvgIpc) is 3.08. The molecule has 0 saturated heterocycles. The number of ether oxygens (including phenoxy) is 1. The maximum absolute atomic E-state index is 10.7. The first-order valence-corrected chi connectivity index (χ1v) is 6.45. The lowest BCUT2D eigenvalue weighted by Crippen LogP contribution is -1.97. The molecule has 7 heteroatoms. The van der Waals surface area contributed by atoms with Crippen molar-refractivity contribution in [2.75, 3.05) is 0 Å². The number of nitro groups is 1. The minimum absolute atomic E-state index is 0.0423. The predicted molar refractivity (Wildman–Crippen MR) is 77.2 cm³/mol. The van der Waals surface area contributed by atoms with Crippen LogP contribution in [0, 0.1) is 10.1 Å². The zero-order chi connectivity index (χ0) is 15.4. The minimum atomic E-state index is -0.431. The van der Waals surface area contributed by atoms with Gasteiger partial charge in [-0.05, 0) is 23.8 Å². The number of aromatic nitrogens is 2. The van der Waals surface area contributed by atoms with Crippen LogP contribution < -0.4 is 4.74 Å². The molecule has 7 nitrogen and oxygen atoms in total. The third-order valence-corrected chi connectivity index (χ3v) is 2.97. The third-order valence-electron chi connectivity index (χ3n) is 2.97. The van der Waals surface area contributed by atoms with Crippen molar-refractivity contribution in [1.29, 1.82) is 0 Å². The molecule has 0 radical (unpaired) electrons. The Kier molecular flexibility index (Phi) is 3.78. The number of hydrogen-bond acceptors (Lipinski definition) is 6. The van der Waals surface area contributed by atoms with Crippen molar-refractivity contribution in [3.63, 3.8) is 0 Å². The second-order valence-corrected chi connectivity index (χ2v) is 4.49. The minimum Gasteiger partial charge on any atom is -0.489 e. The van der Waals surface area contributed by atoms with E-state index in [0.717, 1.165) is 11.1 Å². The van der Waals surface area contributed by atoms with Crippen molar-refractivity contribution < 1.29 is 14.1 Å². The fourth-order valence-electron chi connectivity index (χ4n) is 1.94. The first kappa shape index (κ1) is 13.7. The lowest BCUT2D eigenvalue weighted by Gasteiger charge is -2.07. The number of non-ortho nitro benzene ring substituents is 1. The highest BCUT2D eigenvalue weighted by atomic mass is 16.6. The molecule has 0 bridgehead atoms. The van der Waals surface area contributed by atoms with Crippen molar-refractivity contribution >= 4 is 5.69 Å². The molecule has 2 aromatic carbocycles. The molecule has 0 aliphatic heterocycles. The molecule has 3 rings (SSSR count). The van der Waals surface area contributed by atoms with Gasteiger partial charge in [0.25, 0.3) is 5.69 Å². The Bertz CT molecular complexity index is 787. The molecule has 0 aliphatic carbocycles. The van der Waals surface area contributed by atoms with E-state index in [4.69, 9.17) is 9.15 Å². The van der Waals surface area contributed by atoms with Crippen LogP contribution in [0.1, 0.15) is 5.56 Å². The van der Waals surface area contributed by atoms with E-state index in [0.29, 0.717) is 11.6 Å². The number of benzene rings is 2. The molecule has 0 fully saturated rings. The van der Waals surface area contributed by atoms with Crippen LogP contribution in [0.4, 0.5) is 5.69 Å². The molecule has 0 amide bonds. The summed E-state index contributed by atoms with van der Waals surface area (Å²) in [6.07, 6.45) is 1.26. The van der Waals surface area contributed by atoms with Crippen molar-refractivity contribution in [2.24, 2.45) is 0 Å². The van der Waals surface area contributed by atoms with Crippen LogP contribution >= 0.6 is 0 Å². The van der Waals surface area contributed by atoms with Crippen LogP contribution in [-0.2, 0) is 6.61 Å². The number of nitro benzene ring substituents is 1. The molecule has 3 aromatic rings. The van der Waals surface area contributed by atoms with Gasteiger partial charge in [-0.25, -0.2) is 0 Å². The second kappa shape index (κ2) is 6.04. The van der Waals surface area contributed by atoms with Crippen LogP contribution in [0.3, 0.4) is 0 Å². The van der Waals surface area contributed by atoms with Gasteiger partial charge in [-0.1, -0.05) is 18.2 Å². The Morgan fingerprint density at radius 1 is 1.18 bits per heavy atom. The summed E-state index contributed by atoms with van der Waals surface area (Å²) in [6, 6.07) is 13.5. The summed E-state index contributed by atoms with van der Waals surface area (Å²) in [5.74, 6) is 1.02. The molecule has 22 heavy (non-hydrogen) atoms. The van der Waals surface area contributed by atoms with Crippen molar-refractivity contribution in [3.8, 4) is 17.2 Å². The molecular weight excluding hydrogens is 286 g/mol. The first-order chi connectivity index (χ1) is 10.7. The standard InChI is InChI=1S/C15H11N3O4/c19-18(20)13-5-1-3-11(7-13)9-21-14-6-2-4-12(8-14)15-17-16-10-22-15/h1-8,10H,9H2. The van der Waals surface area contributed by atoms with Crippen molar-refractivity contribution in [1.82, 2.24) is 10.2 Å². The monoisotopic (exact) mass is 297 g/mol. The maximum Gasteiger partial charge on any atom is 0.269 e. The van der Waals surface area contributed by atoms with Gasteiger partial charge in [0.15, 0.2) is 0 Å². The number of hydrogen-bond donors (Lipinski definition) is 0. The third kappa shape index (κ3) is 3.09. The van der Waals surface area contributed by atoms with Gasteiger partial charge < -0.3 is 9.15 Å². The molecule has 0 N–H and O–H groups in total. The lowest BCUT2D eigenvalue weighted by molar-refractivity contribution is -0.384. The summed E-state index contributed by atoms with van der Waals surface area (Å²) < 4.78 is 10.8. The normalized spacial score (nSPS) is 10.4. The fourth-order valence-corrected chi connectivity index (χ4v) is 1.94. The van der Waals surface area contributed by atoms with Gasteiger partial charge in [0, 0.05) is 17.7 Å². The van der Waals surface area contributed by atoms with Gasteiger partial charge in [0.2, 0.25) is 12.3 Å². The van der Waals surface area contributed by atoms with Crippen LogP contribution in [0.2, 0.25) is 0 Å². The Morgan fingerprint density at radius 3 is 2.82 bits per heavy atom. The molecule has 0 aliphatic rings. The molecule has 0 saturated carbocycles. The Hall–Kier alpha value is -3.22. The Balaban J connectivity index is 1.73. The summed E-state index contributed by atoms with van der Waals surface area (Å²) in [5, 5.41) is 18.2. The van der Waals surface area contributed by atoms with Crippen LogP contribution in [-0.4, -0.2) is 15.1 Å². The van der Waals surface area contributed by atoms with Crippen LogP contribution in [0.15, 0.2) is 59.3 Å². The number of nitrogens with zero attached hydrogens (tertiary/aromatic N) is 3. The zero-order valence-electron chi connectivity index (χ0n) is 11.4. The summed E-state index contributed by atoms with van der Waals surface area (Å²) in [6.45, 7) is 0.231. The van der Waals surface area contributed by atoms with E-state index >= 15 is 0 Å². The van der Waals surface area contributed by atoms with Gasteiger partial charge in [-0.15, -0.1) is 10.2 Å². The second-order valence-electron chi connectivity index (χ2n) is 4.49. The lowest BCUT2D eigenvalue weighted by atomic mass is 10.2. The molecule has 110 valence electrons. The molecule has 0 spiro atoms. The summed E-state index contributed by atoms with van der Waals surface area (Å²) in [4.78, 5) is 10.3. The van der Waals surface area contributed by atoms with E-state index in [1.165, 1.54) is 18.5 Å². The van der Waals surface area contributed by atoms with Crippen molar-refractivity contribution in [3.05, 3.63) is 70.6 Å². The van der Waals surface area contributed by atoms with E-state index in [-0.39, 0.29) is 12.3 Å². The quantitative estimate of drug-likeness (QED) is 0.530. The molecule has 1 aromatic heterocycles. The zero-order valence-corrected chi connectivity index (χ0v) is 11.4. The van der Waals surface area contributed by atoms with Crippen LogP contribution in [0.25, 0.3) is 11.5 Å². The molecular formula is C15H11N3O4. The highest BCUT2D eigenvalue weighted by Crippen LogP contribution is 2.23. The van der Waals surface area contributed by atoms with Gasteiger partial charge in [0.05, 0.1) is 4.92 Å². The fraction of sp³-hybridized carbons (Fsp3) is 0.0667. The van der Waals surface area contributed by atoms with Gasteiger partial charge in [-0.3, -0.25) is 10.1 Å². The molecule has 0 atom stereocenters. The van der Waals surface area contributed by atoms with E-state index in [1.54, 1.807) is 24.3 Å². The van der Waals surface area contributed by atoms with Gasteiger partial charge >= 0.3 is 0 Å². The summed E-state index contributed by atoms with van der Waals surface area (Å²) in [5.41, 5.74) is 1.51. The van der Waals surface area contributed by atoms with E-state index < -0.39 is 4.92 Å². The van der Waals surface area contributed by atoms with E-state index in [9.17, 15) is 10.1 Å². The van der Waals surface area contributed by atoms with Crippen molar-refractivity contribution in [2.45, 2.75) is 6.61 Å². The predicted octanol–water partition coefficient (Wildman–Crippen LogP) is 3.22. The summed E-state index contributed by atoms with van der Waals surface area (Å²) in [7, 11) is 0. The highest BCUT2D eigenvalue weighted by Gasteiger charge is 2.07. The van der Waals surface area contributed by atoms with E-state index in [2.05, 4.69) is 10.2 Å². The van der Waals surface area contributed by atoms with Crippen LogP contribution in [0.5, 0.6) is 5.75 Å². The average molecular weight is 297 g/mol. The first-order valence-electron chi connectivity index (χ1n) is 6.45. The smallest absolute Gasteiger partial charge is 0.269 e. The highest BCUT2D eigenvalue weighted by molar-refractivity contribution is 5.55. The molecule has 0 unspecified atom stereocenters. The largest absolute Gasteiger partial charge is 0.489 e. The van der Waals surface area contributed by atoms with Gasteiger partial charge in [-0.2, -0.15) is 0 Å². The Labute approximate surface area is 125 Å². The van der Waals surface area contributed by atoms with E-state index in [1.807, 2.05) is 12.1 Å². The summed E-state index contributed by atoms with van der Waals surface area (Å²) >= 11 is 0. The molecule has 1 heterocycles. The Morgan fingerprint density at radius 2 is 2.05 bits per heavy atom. The topological polar surface area (TPSA) is 91.3 Å². The van der Waals surface area contributed by atoms with Gasteiger partial charge in [0.1, 0.15) is 12.4 Å². The SMILES string of the molecule is O=[N+]([O-])c1cccc(COc2cccc(-c3nnco3)c2)c1.